The van der Waals surface area contributed by atoms with Crippen molar-refractivity contribution < 1.29 is 14.3 Å². The van der Waals surface area contributed by atoms with Crippen molar-refractivity contribution in [1.29, 1.82) is 0 Å². The van der Waals surface area contributed by atoms with E-state index in [-0.39, 0.29) is 18.4 Å². The molecule has 0 radical (unpaired) electrons. The molecule has 4 rings (SSSR count). The van der Waals surface area contributed by atoms with E-state index in [2.05, 4.69) is 5.32 Å². The maximum Gasteiger partial charge on any atom is 0.255 e. The number of halogens is 1. The molecule has 1 aliphatic heterocycles. The van der Waals surface area contributed by atoms with Gasteiger partial charge in [-0.1, -0.05) is 48.0 Å². The summed E-state index contributed by atoms with van der Waals surface area (Å²) in [5, 5.41) is 3.43. The highest BCUT2D eigenvalue weighted by atomic mass is 35.5. The Hall–Kier alpha value is -3.31. The molecule has 0 aromatic heterocycles. The Balaban J connectivity index is 1.87. The standard InChI is InChI=1S/C23H19ClN2O3/c1-29-18-9-5-8-16(12-18)23(28)26-14-21(27)25-20-11-10-17(24)13-19(20)22(26)15-6-3-2-4-7-15/h2-13,22H,14H2,1H3,(H,25,27)/t22-/m0/s1. The lowest BCUT2D eigenvalue weighted by Crippen LogP contribution is -2.39. The van der Waals surface area contributed by atoms with Crippen molar-refractivity contribution >= 4 is 29.1 Å². The summed E-state index contributed by atoms with van der Waals surface area (Å²) in [6, 6.07) is 21.4. The molecular formula is C23H19ClN2O3. The summed E-state index contributed by atoms with van der Waals surface area (Å²) >= 11 is 6.27. The van der Waals surface area contributed by atoms with Crippen LogP contribution < -0.4 is 10.1 Å². The first-order valence-electron chi connectivity index (χ1n) is 9.16. The molecule has 0 saturated carbocycles. The third-order valence-corrected chi connectivity index (χ3v) is 5.14. The van der Waals surface area contributed by atoms with Gasteiger partial charge in [0.2, 0.25) is 5.91 Å². The molecule has 1 aliphatic rings. The average molecular weight is 407 g/mol. The molecule has 146 valence electrons. The Morgan fingerprint density at radius 3 is 2.62 bits per heavy atom. The summed E-state index contributed by atoms with van der Waals surface area (Å²) in [5.41, 5.74) is 2.76. The fraction of sp³-hybridized carbons (Fsp3) is 0.130. The highest BCUT2D eigenvalue weighted by Crippen LogP contribution is 2.38. The smallest absolute Gasteiger partial charge is 0.255 e. The highest BCUT2D eigenvalue weighted by Gasteiger charge is 2.34. The third kappa shape index (κ3) is 3.82. The second-order valence-corrected chi connectivity index (χ2v) is 7.19. The zero-order valence-corrected chi connectivity index (χ0v) is 16.5. The number of methoxy groups -OCH3 is 1. The minimum Gasteiger partial charge on any atom is -0.497 e. The molecule has 1 atom stereocenters. The lowest BCUT2D eigenvalue weighted by atomic mass is 9.95. The number of hydrogen-bond donors (Lipinski definition) is 1. The summed E-state index contributed by atoms with van der Waals surface area (Å²) in [7, 11) is 1.55. The van der Waals surface area contributed by atoms with Crippen LogP contribution in [0.1, 0.15) is 27.5 Å². The molecule has 0 bridgehead atoms. The molecule has 1 heterocycles. The van der Waals surface area contributed by atoms with E-state index < -0.39 is 6.04 Å². The summed E-state index contributed by atoms with van der Waals surface area (Å²) < 4.78 is 5.25. The van der Waals surface area contributed by atoms with E-state index in [4.69, 9.17) is 16.3 Å². The van der Waals surface area contributed by atoms with E-state index in [0.717, 1.165) is 11.1 Å². The van der Waals surface area contributed by atoms with Gasteiger partial charge >= 0.3 is 0 Å². The van der Waals surface area contributed by atoms with Gasteiger partial charge in [-0.2, -0.15) is 0 Å². The second kappa shape index (κ2) is 7.97. The second-order valence-electron chi connectivity index (χ2n) is 6.76. The molecule has 0 aliphatic carbocycles. The fourth-order valence-corrected chi connectivity index (χ4v) is 3.76. The first-order valence-corrected chi connectivity index (χ1v) is 9.54. The quantitative estimate of drug-likeness (QED) is 0.695. The van der Waals surface area contributed by atoms with Crippen LogP contribution in [0, 0.1) is 0 Å². The molecule has 0 spiro atoms. The van der Waals surface area contributed by atoms with Crippen LogP contribution in [0.2, 0.25) is 5.02 Å². The maximum absolute atomic E-state index is 13.5. The number of benzene rings is 3. The zero-order chi connectivity index (χ0) is 20.4. The van der Waals surface area contributed by atoms with Gasteiger partial charge in [-0.25, -0.2) is 0 Å². The van der Waals surface area contributed by atoms with Crippen LogP contribution in [-0.4, -0.2) is 30.4 Å². The van der Waals surface area contributed by atoms with E-state index in [1.54, 1.807) is 54.5 Å². The third-order valence-electron chi connectivity index (χ3n) is 4.90. The number of fused-ring (bicyclic) bond motifs is 1. The van der Waals surface area contributed by atoms with Gasteiger partial charge in [0.1, 0.15) is 12.3 Å². The normalized spacial score (nSPS) is 15.9. The predicted molar refractivity (Wildman–Crippen MR) is 112 cm³/mol. The van der Waals surface area contributed by atoms with Crippen LogP contribution in [0.15, 0.2) is 72.8 Å². The molecule has 0 saturated heterocycles. The Morgan fingerprint density at radius 1 is 1.07 bits per heavy atom. The van der Waals surface area contributed by atoms with Crippen molar-refractivity contribution in [2.24, 2.45) is 0 Å². The van der Waals surface area contributed by atoms with Crippen molar-refractivity contribution in [3.05, 3.63) is 94.5 Å². The topological polar surface area (TPSA) is 58.6 Å². The number of ether oxygens (including phenoxy) is 1. The van der Waals surface area contributed by atoms with E-state index in [0.29, 0.717) is 22.0 Å². The Kier molecular flexibility index (Phi) is 5.23. The monoisotopic (exact) mass is 406 g/mol. The van der Waals surface area contributed by atoms with Gasteiger partial charge in [0.25, 0.3) is 5.91 Å². The Labute approximate surface area is 173 Å². The van der Waals surface area contributed by atoms with Crippen LogP contribution in [0.4, 0.5) is 5.69 Å². The van der Waals surface area contributed by atoms with Crippen LogP contribution in [0.3, 0.4) is 0 Å². The first kappa shape index (κ1) is 19.0. The average Bonchev–Trinajstić information content (AvgIpc) is 2.89. The summed E-state index contributed by atoms with van der Waals surface area (Å²) in [4.78, 5) is 27.7. The largest absolute Gasteiger partial charge is 0.497 e. The number of carbonyl (C=O) groups is 2. The lowest BCUT2D eigenvalue weighted by molar-refractivity contribution is -0.117. The van der Waals surface area contributed by atoms with Gasteiger partial charge in [0, 0.05) is 21.8 Å². The van der Waals surface area contributed by atoms with Gasteiger partial charge in [-0.15, -0.1) is 0 Å². The van der Waals surface area contributed by atoms with Gasteiger partial charge in [0.05, 0.1) is 13.2 Å². The molecule has 3 aromatic carbocycles. The number of nitrogens with one attached hydrogen (secondary N) is 1. The van der Waals surface area contributed by atoms with Gasteiger partial charge in [0.15, 0.2) is 0 Å². The van der Waals surface area contributed by atoms with Crippen molar-refractivity contribution in [1.82, 2.24) is 4.90 Å². The Morgan fingerprint density at radius 2 is 1.86 bits per heavy atom. The minimum absolute atomic E-state index is 0.0814. The van der Waals surface area contributed by atoms with Crippen LogP contribution in [-0.2, 0) is 4.79 Å². The summed E-state index contributed by atoms with van der Waals surface area (Å²) in [5.74, 6) is 0.0545. The molecule has 6 heteroatoms. The van der Waals surface area contributed by atoms with E-state index >= 15 is 0 Å². The number of hydrogen-bond acceptors (Lipinski definition) is 3. The van der Waals surface area contributed by atoms with Crippen LogP contribution >= 0.6 is 11.6 Å². The van der Waals surface area contributed by atoms with Crippen molar-refractivity contribution in [2.75, 3.05) is 19.0 Å². The van der Waals surface area contributed by atoms with Crippen molar-refractivity contribution in [3.63, 3.8) is 0 Å². The SMILES string of the molecule is COc1cccc(C(=O)N2CC(=O)Nc3ccc(Cl)cc3[C@@H]2c2ccccc2)c1. The van der Waals surface area contributed by atoms with Gasteiger partial charge < -0.3 is 15.0 Å². The number of carbonyl (C=O) groups excluding carboxylic acids is 2. The van der Waals surface area contributed by atoms with Gasteiger partial charge in [-0.05, 0) is 42.0 Å². The molecule has 0 unspecified atom stereocenters. The molecule has 29 heavy (non-hydrogen) atoms. The highest BCUT2D eigenvalue weighted by molar-refractivity contribution is 6.30. The number of rotatable bonds is 3. The molecule has 3 aromatic rings. The number of nitrogens with zero attached hydrogens (tertiary/aromatic N) is 1. The van der Waals surface area contributed by atoms with E-state index in [1.807, 2.05) is 30.3 Å². The zero-order valence-electron chi connectivity index (χ0n) is 15.8. The molecular weight excluding hydrogens is 388 g/mol. The summed E-state index contributed by atoms with van der Waals surface area (Å²) in [6.45, 7) is -0.0814. The minimum atomic E-state index is -0.470. The number of amides is 2. The lowest BCUT2D eigenvalue weighted by Gasteiger charge is -2.30. The van der Waals surface area contributed by atoms with E-state index in [1.165, 1.54) is 0 Å². The molecule has 5 nitrogen and oxygen atoms in total. The molecule has 1 N–H and O–H groups in total. The van der Waals surface area contributed by atoms with Crippen molar-refractivity contribution in [2.45, 2.75) is 6.04 Å². The maximum atomic E-state index is 13.5. The van der Waals surface area contributed by atoms with Crippen molar-refractivity contribution in [3.8, 4) is 5.75 Å². The van der Waals surface area contributed by atoms with Crippen LogP contribution in [0.5, 0.6) is 5.75 Å². The van der Waals surface area contributed by atoms with Crippen LogP contribution in [0.25, 0.3) is 0 Å². The predicted octanol–water partition coefficient (Wildman–Crippen LogP) is 4.53. The van der Waals surface area contributed by atoms with E-state index in [9.17, 15) is 9.59 Å². The molecule has 0 fully saturated rings. The summed E-state index contributed by atoms with van der Waals surface area (Å²) in [6.07, 6.45) is 0. The Bertz CT molecular complexity index is 1070. The molecule has 2 amide bonds. The first-order chi connectivity index (χ1) is 14.1. The van der Waals surface area contributed by atoms with Gasteiger partial charge in [-0.3, -0.25) is 9.59 Å². The fourth-order valence-electron chi connectivity index (χ4n) is 3.58. The number of anilines is 1.